The number of thiophene rings is 1. The molecular formula is C25H27N3OS2. The van der Waals surface area contributed by atoms with Crippen molar-refractivity contribution >= 4 is 43.4 Å². The van der Waals surface area contributed by atoms with Gasteiger partial charge in [-0.15, -0.1) is 11.3 Å². The third-order valence-corrected chi connectivity index (χ3v) is 8.29. The Morgan fingerprint density at radius 2 is 1.81 bits per heavy atom. The van der Waals surface area contributed by atoms with Crippen LogP contribution >= 0.6 is 23.1 Å². The highest BCUT2D eigenvalue weighted by atomic mass is 32.2. The normalized spacial score (nSPS) is 14.7. The van der Waals surface area contributed by atoms with Crippen LogP contribution in [0.4, 0.5) is 0 Å². The van der Waals surface area contributed by atoms with Crippen molar-refractivity contribution < 1.29 is 0 Å². The van der Waals surface area contributed by atoms with Crippen molar-refractivity contribution in [3.63, 3.8) is 0 Å². The van der Waals surface area contributed by atoms with E-state index in [1.54, 1.807) is 23.1 Å². The Morgan fingerprint density at radius 1 is 1.03 bits per heavy atom. The van der Waals surface area contributed by atoms with Crippen LogP contribution in [-0.4, -0.2) is 34.1 Å². The molecule has 0 spiro atoms. The lowest BCUT2D eigenvalue weighted by molar-refractivity contribution is 0.321. The Hall–Kier alpha value is -2.15. The number of thioether (sulfide) groups is 1. The number of aromatic nitrogens is 2. The fraction of sp³-hybridized carbons (Fsp3) is 0.360. The van der Waals surface area contributed by atoms with Crippen molar-refractivity contribution in [1.29, 1.82) is 0 Å². The third kappa shape index (κ3) is 4.29. The quantitative estimate of drug-likeness (QED) is 0.268. The van der Waals surface area contributed by atoms with Crippen LogP contribution in [0.25, 0.3) is 20.3 Å². The molecule has 0 aliphatic carbocycles. The second-order valence-electron chi connectivity index (χ2n) is 8.24. The average molecular weight is 450 g/mol. The Balaban J connectivity index is 1.50. The molecule has 0 amide bonds. The van der Waals surface area contributed by atoms with Crippen molar-refractivity contribution in [3.05, 3.63) is 70.0 Å². The van der Waals surface area contributed by atoms with Crippen LogP contribution in [0.3, 0.4) is 0 Å². The molecule has 1 aliphatic rings. The molecule has 0 saturated carbocycles. The molecule has 6 heteroatoms. The molecule has 4 aromatic rings. The molecule has 1 aliphatic heterocycles. The molecule has 5 rings (SSSR count). The molecule has 3 heterocycles. The number of benzene rings is 2. The van der Waals surface area contributed by atoms with Gasteiger partial charge in [-0.1, -0.05) is 54.2 Å². The van der Waals surface area contributed by atoms with E-state index in [0.29, 0.717) is 0 Å². The van der Waals surface area contributed by atoms with E-state index in [-0.39, 0.29) is 5.56 Å². The molecule has 1 fully saturated rings. The van der Waals surface area contributed by atoms with Gasteiger partial charge in [0.15, 0.2) is 5.16 Å². The van der Waals surface area contributed by atoms with Crippen molar-refractivity contribution in [1.82, 2.24) is 14.5 Å². The first kappa shape index (κ1) is 20.7. The minimum absolute atomic E-state index is 0.111. The van der Waals surface area contributed by atoms with Gasteiger partial charge in [-0.3, -0.25) is 9.36 Å². The van der Waals surface area contributed by atoms with E-state index in [0.717, 1.165) is 50.7 Å². The van der Waals surface area contributed by atoms with Crippen LogP contribution in [0.2, 0.25) is 0 Å². The predicted octanol–water partition coefficient (Wildman–Crippen LogP) is 5.70. The monoisotopic (exact) mass is 449 g/mol. The molecular weight excluding hydrogens is 422 g/mol. The molecule has 0 radical (unpaired) electrons. The van der Waals surface area contributed by atoms with Crippen molar-refractivity contribution in [3.8, 4) is 0 Å². The van der Waals surface area contributed by atoms with E-state index >= 15 is 0 Å². The minimum atomic E-state index is 0.111. The SMILES string of the molecule is Cc1ccccc1CSc1nc2c(sc3ccccc32)c(=O)n1CCCN1CCCC1. The molecule has 1 saturated heterocycles. The summed E-state index contributed by atoms with van der Waals surface area (Å²) < 4.78 is 3.84. The number of aryl methyl sites for hydroxylation is 1. The lowest BCUT2D eigenvalue weighted by Crippen LogP contribution is -2.26. The van der Waals surface area contributed by atoms with Gasteiger partial charge in [0, 0.05) is 22.4 Å². The summed E-state index contributed by atoms with van der Waals surface area (Å²) in [6.07, 6.45) is 3.58. The van der Waals surface area contributed by atoms with Gasteiger partial charge in [0.05, 0.1) is 5.52 Å². The fourth-order valence-electron chi connectivity index (χ4n) is 4.33. The first-order valence-electron chi connectivity index (χ1n) is 11.0. The van der Waals surface area contributed by atoms with E-state index in [2.05, 4.69) is 48.2 Å². The summed E-state index contributed by atoms with van der Waals surface area (Å²) in [6.45, 7) is 6.30. The number of hydrogen-bond donors (Lipinski definition) is 0. The molecule has 2 aromatic carbocycles. The molecule has 0 bridgehead atoms. The van der Waals surface area contributed by atoms with Crippen molar-refractivity contribution in [2.45, 2.75) is 43.6 Å². The largest absolute Gasteiger partial charge is 0.303 e. The zero-order valence-corrected chi connectivity index (χ0v) is 19.5. The highest BCUT2D eigenvalue weighted by molar-refractivity contribution is 7.98. The Kier molecular flexibility index (Phi) is 6.12. The van der Waals surface area contributed by atoms with Crippen LogP contribution in [-0.2, 0) is 12.3 Å². The summed E-state index contributed by atoms with van der Waals surface area (Å²) in [7, 11) is 0. The summed E-state index contributed by atoms with van der Waals surface area (Å²) >= 11 is 3.25. The first-order valence-corrected chi connectivity index (χ1v) is 12.8. The van der Waals surface area contributed by atoms with Gasteiger partial charge in [0.2, 0.25) is 0 Å². The molecule has 0 N–H and O–H groups in total. The topological polar surface area (TPSA) is 38.1 Å². The Labute approximate surface area is 190 Å². The van der Waals surface area contributed by atoms with Crippen LogP contribution in [0.5, 0.6) is 0 Å². The van der Waals surface area contributed by atoms with Gasteiger partial charge in [0.1, 0.15) is 4.70 Å². The van der Waals surface area contributed by atoms with E-state index in [4.69, 9.17) is 4.98 Å². The Morgan fingerprint density at radius 3 is 2.65 bits per heavy atom. The summed E-state index contributed by atoms with van der Waals surface area (Å²) in [5.74, 6) is 0.818. The molecule has 31 heavy (non-hydrogen) atoms. The number of fused-ring (bicyclic) bond motifs is 3. The van der Waals surface area contributed by atoms with Crippen LogP contribution < -0.4 is 5.56 Å². The number of hydrogen-bond acceptors (Lipinski definition) is 5. The third-order valence-electron chi connectivity index (χ3n) is 6.12. The molecule has 4 nitrogen and oxygen atoms in total. The smallest absolute Gasteiger partial charge is 0.272 e. The second kappa shape index (κ2) is 9.15. The van der Waals surface area contributed by atoms with Gasteiger partial charge in [-0.25, -0.2) is 4.98 Å². The number of nitrogens with zero attached hydrogens (tertiary/aromatic N) is 3. The zero-order chi connectivity index (χ0) is 21.2. The molecule has 160 valence electrons. The number of likely N-dealkylation sites (tertiary alicyclic amines) is 1. The van der Waals surface area contributed by atoms with Gasteiger partial charge in [-0.05, 0) is 63.0 Å². The summed E-state index contributed by atoms with van der Waals surface area (Å²) in [6, 6.07) is 16.7. The zero-order valence-electron chi connectivity index (χ0n) is 17.8. The summed E-state index contributed by atoms with van der Waals surface area (Å²) in [5.41, 5.74) is 3.54. The molecule has 0 atom stereocenters. The van der Waals surface area contributed by atoms with Crippen molar-refractivity contribution in [2.75, 3.05) is 19.6 Å². The van der Waals surface area contributed by atoms with Crippen LogP contribution in [0.1, 0.15) is 30.4 Å². The number of rotatable bonds is 7. The van der Waals surface area contributed by atoms with Gasteiger partial charge >= 0.3 is 0 Å². The maximum absolute atomic E-state index is 13.5. The van der Waals surface area contributed by atoms with E-state index in [9.17, 15) is 4.79 Å². The highest BCUT2D eigenvalue weighted by Gasteiger charge is 2.17. The standard InChI is InChI=1S/C25H27N3OS2/c1-18-9-2-3-10-19(18)17-30-25-26-22-20-11-4-5-12-21(20)31-23(22)24(29)28(25)16-8-15-27-13-6-7-14-27/h2-5,9-12H,6-8,13-17H2,1H3. The van der Waals surface area contributed by atoms with E-state index < -0.39 is 0 Å². The summed E-state index contributed by atoms with van der Waals surface area (Å²) in [5, 5.41) is 1.92. The average Bonchev–Trinajstić information content (AvgIpc) is 3.43. The fourth-order valence-corrected chi connectivity index (χ4v) is 6.52. The van der Waals surface area contributed by atoms with Gasteiger partial charge < -0.3 is 4.90 Å². The maximum atomic E-state index is 13.5. The van der Waals surface area contributed by atoms with Crippen LogP contribution in [0.15, 0.2) is 58.5 Å². The minimum Gasteiger partial charge on any atom is -0.303 e. The van der Waals surface area contributed by atoms with E-state index in [1.165, 1.54) is 37.1 Å². The first-order chi connectivity index (χ1) is 15.2. The highest BCUT2D eigenvalue weighted by Crippen LogP contribution is 2.32. The lowest BCUT2D eigenvalue weighted by Gasteiger charge is -2.16. The lowest BCUT2D eigenvalue weighted by atomic mass is 10.1. The second-order valence-corrected chi connectivity index (χ2v) is 10.2. The van der Waals surface area contributed by atoms with E-state index in [1.807, 2.05) is 16.7 Å². The van der Waals surface area contributed by atoms with Crippen LogP contribution in [0, 0.1) is 6.92 Å². The Bertz CT molecular complexity index is 1270. The molecule has 2 aromatic heterocycles. The molecule has 0 unspecified atom stereocenters. The van der Waals surface area contributed by atoms with Gasteiger partial charge in [-0.2, -0.15) is 0 Å². The predicted molar refractivity (Wildman–Crippen MR) is 132 cm³/mol. The van der Waals surface area contributed by atoms with Crippen molar-refractivity contribution in [2.24, 2.45) is 0 Å². The summed E-state index contributed by atoms with van der Waals surface area (Å²) in [4.78, 5) is 21.1. The van der Waals surface area contributed by atoms with Gasteiger partial charge in [0.25, 0.3) is 5.56 Å². The maximum Gasteiger partial charge on any atom is 0.272 e.